The lowest BCUT2D eigenvalue weighted by Gasteiger charge is -2.35. The summed E-state index contributed by atoms with van der Waals surface area (Å²) >= 11 is 1.43. The van der Waals surface area contributed by atoms with E-state index in [4.69, 9.17) is 4.74 Å². The number of aromatic nitrogens is 3. The standard InChI is InChI=1S/C19H21N5O3S/c1-27-9-8-24-12-20-16-10-14(2-3-15(16)18(24)25)22-4-6-23(7-5-22)19(26)17-11-28-13-21-17/h2-3,10-13H,4-9H2,1H3. The van der Waals surface area contributed by atoms with E-state index in [-0.39, 0.29) is 11.5 Å². The first kappa shape index (κ1) is 18.6. The van der Waals surface area contributed by atoms with Crippen LogP contribution in [-0.2, 0) is 11.3 Å². The lowest BCUT2D eigenvalue weighted by atomic mass is 10.2. The Hall–Kier alpha value is -2.78. The largest absolute Gasteiger partial charge is 0.383 e. The van der Waals surface area contributed by atoms with Gasteiger partial charge in [0.2, 0.25) is 0 Å². The van der Waals surface area contributed by atoms with Crippen LogP contribution in [0.2, 0.25) is 0 Å². The van der Waals surface area contributed by atoms with Crippen molar-refractivity contribution >= 4 is 33.8 Å². The maximum Gasteiger partial charge on any atom is 0.273 e. The third-order valence-corrected chi connectivity index (χ3v) is 5.52. The van der Waals surface area contributed by atoms with Gasteiger partial charge in [-0.2, -0.15) is 0 Å². The van der Waals surface area contributed by atoms with Crippen LogP contribution >= 0.6 is 11.3 Å². The van der Waals surface area contributed by atoms with Gasteiger partial charge in [-0.3, -0.25) is 14.2 Å². The molecule has 0 atom stereocenters. The van der Waals surface area contributed by atoms with Crippen LogP contribution in [0.25, 0.3) is 10.9 Å². The smallest absolute Gasteiger partial charge is 0.273 e. The molecule has 0 unspecified atom stereocenters. The van der Waals surface area contributed by atoms with Crippen LogP contribution in [0.4, 0.5) is 5.69 Å². The first-order chi connectivity index (χ1) is 13.7. The summed E-state index contributed by atoms with van der Waals surface area (Å²) in [6.45, 7) is 3.68. The molecule has 4 rings (SSSR count). The Morgan fingerprint density at radius 2 is 2.04 bits per heavy atom. The van der Waals surface area contributed by atoms with Crippen LogP contribution in [0, 0.1) is 0 Å². The van der Waals surface area contributed by atoms with Gasteiger partial charge in [0.1, 0.15) is 5.69 Å². The van der Waals surface area contributed by atoms with Crippen molar-refractivity contribution < 1.29 is 9.53 Å². The Morgan fingerprint density at radius 1 is 1.21 bits per heavy atom. The summed E-state index contributed by atoms with van der Waals surface area (Å²) in [6.07, 6.45) is 1.57. The average Bonchev–Trinajstić information content (AvgIpc) is 3.27. The molecule has 8 nitrogen and oxygen atoms in total. The van der Waals surface area contributed by atoms with Crippen molar-refractivity contribution in [2.75, 3.05) is 44.8 Å². The highest BCUT2D eigenvalue weighted by Crippen LogP contribution is 2.21. The molecule has 1 amide bonds. The second kappa shape index (κ2) is 8.07. The van der Waals surface area contributed by atoms with Crippen molar-refractivity contribution in [3.8, 4) is 0 Å². The number of piperazine rings is 1. The molecule has 1 aromatic carbocycles. The number of carbonyl (C=O) groups excluding carboxylic acids is 1. The Balaban J connectivity index is 1.48. The van der Waals surface area contributed by atoms with E-state index in [2.05, 4.69) is 14.9 Å². The Labute approximate surface area is 166 Å². The van der Waals surface area contributed by atoms with Crippen LogP contribution in [0.1, 0.15) is 10.5 Å². The van der Waals surface area contributed by atoms with Gasteiger partial charge >= 0.3 is 0 Å². The summed E-state index contributed by atoms with van der Waals surface area (Å²) < 4.78 is 6.60. The number of hydrogen-bond acceptors (Lipinski definition) is 7. The lowest BCUT2D eigenvalue weighted by molar-refractivity contribution is 0.0741. The van der Waals surface area contributed by atoms with E-state index in [1.54, 1.807) is 28.9 Å². The number of hydrogen-bond donors (Lipinski definition) is 0. The SMILES string of the molecule is COCCn1cnc2cc(N3CCN(C(=O)c4cscn4)CC3)ccc2c1=O. The monoisotopic (exact) mass is 399 g/mol. The fourth-order valence-corrected chi connectivity index (χ4v) is 3.87. The molecule has 1 aliphatic heterocycles. The summed E-state index contributed by atoms with van der Waals surface area (Å²) in [6, 6.07) is 5.72. The Bertz CT molecular complexity index is 1030. The molecule has 0 aliphatic carbocycles. The summed E-state index contributed by atoms with van der Waals surface area (Å²) in [5, 5.41) is 2.38. The molecule has 2 aromatic heterocycles. The number of rotatable bonds is 5. The number of thiazole rings is 1. The second-order valence-electron chi connectivity index (χ2n) is 6.59. The van der Waals surface area contributed by atoms with Crippen LogP contribution in [0.3, 0.4) is 0 Å². The van der Waals surface area contributed by atoms with Crippen molar-refractivity contribution in [1.29, 1.82) is 0 Å². The molecule has 3 aromatic rings. The van der Waals surface area contributed by atoms with Crippen LogP contribution in [0.5, 0.6) is 0 Å². The zero-order valence-electron chi connectivity index (χ0n) is 15.6. The van der Waals surface area contributed by atoms with E-state index in [0.717, 1.165) is 18.8 Å². The van der Waals surface area contributed by atoms with E-state index in [1.807, 2.05) is 23.1 Å². The molecule has 1 fully saturated rings. The van der Waals surface area contributed by atoms with Gasteiger partial charge in [-0.15, -0.1) is 11.3 Å². The Kier molecular flexibility index (Phi) is 5.36. The quantitative estimate of drug-likeness (QED) is 0.646. The molecular formula is C19H21N5O3S. The molecule has 9 heteroatoms. The molecule has 0 spiro atoms. The maximum absolute atomic E-state index is 12.6. The lowest BCUT2D eigenvalue weighted by Crippen LogP contribution is -2.48. The third-order valence-electron chi connectivity index (χ3n) is 4.93. The molecular weight excluding hydrogens is 378 g/mol. The third kappa shape index (κ3) is 3.63. The number of fused-ring (bicyclic) bond motifs is 1. The fourth-order valence-electron chi connectivity index (χ4n) is 3.34. The van der Waals surface area contributed by atoms with Crippen molar-refractivity contribution in [2.45, 2.75) is 6.54 Å². The highest BCUT2D eigenvalue weighted by molar-refractivity contribution is 7.07. The van der Waals surface area contributed by atoms with Gasteiger partial charge in [-0.05, 0) is 18.2 Å². The van der Waals surface area contributed by atoms with Gasteiger partial charge in [-0.1, -0.05) is 0 Å². The van der Waals surface area contributed by atoms with Crippen molar-refractivity contribution in [3.05, 3.63) is 51.5 Å². The van der Waals surface area contributed by atoms with Gasteiger partial charge < -0.3 is 14.5 Å². The van der Waals surface area contributed by atoms with E-state index in [9.17, 15) is 9.59 Å². The van der Waals surface area contributed by atoms with Gasteiger partial charge in [0.15, 0.2) is 0 Å². The summed E-state index contributed by atoms with van der Waals surface area (Å²) in [4.78, 5) is 37.6. The van der Waals surface area contributed by atoms with Crippen LogP contribution < -0.4 is 10.5 Å². The minimum atomic E-state index is -0.0627. The van der Waals surface area contributed by atoms with Crippen LogP contribution in [0.15, 0.2) is 40.2 Å². The molecule has 0 N–H and O–H groups in total. The summed E-state index contributed by atoms with van der Waals surface area (Å²) in [7, 11) is 1.61. The minimum Gasteiger partial charge on any atom is -0.383 e. The highest BCUT2D eigenvalue weighted by Gasteiger charge is 2.23. The van der Waals surface area contributed by atoms with E-state index in [0.29, 0.717) is 42.8 Å². The van der Waals surface area contributed by atoms with Crippen molar-refractivity contribution in [2.24, 2.45) is 0 Å². The molecule has 146 valence electrons. The first-order valence-electron chi connectivity index (χ1n) is 9.08. The number of methoxy groups -OCH3 is 1. The second-order valence-corrected chi connectivity index (χ2v) is 7.31. The number of amides is 1. The number of benzene rings is 1. The van der Waals surface area contributed by atoms with Gasteiger partial charge in [-0.25, -0.2) is 9.97 Å². The summed E-state index contributed by atoms with van der Waals surface area (Å²) in [5.41, 5.74) is 3.81. The van der Waals surface area contributed by atoms with Crippen LogP contribution in [-0.4, -0.2) is 65.2 Å². The molecule has 0 bridgehead atoms. The molecule has 0 saturated carbocycles. The zero-order valence-corrected chi connectivity index (χ0v) is 16.4. The van der Waals surface area contributed by atoms with E-state index in [1.165, 1.54) is 11.3 Å². The Morgan fingerprint density at radius 3 is 2.75 bits per heavy atom. The van der Waals surface area contributed by atoms with Gasteiger partial charge in [0.05, 0.1) is 35.9 Å². The number of nitrogens with zero attached hydrogens (tertiary/aromatic N) is 5. The normalized spacial score (nSPS) is 14.6. The average molecular weight is 399 g/mol. The fraction of sp³-hybridized carbons (Fsp3) is 0.368. The zero-order chi connectivity index (χ0) is 19.5. The topological polar surface area (TPSA) is 80.6 Å². The number of carbonyl (C=O) groups is 1. The molecule has 1 aliphatic rings. The molecule has 3 heterocycles. The predicted molar refractivity (Wildman–Crippen MR) is 108 cm³/mol. The minimum absolute atomic E-state index is 0.0160. The van der Waals surface area contributed by atoms with Crippen molar-refractivity contribution in [3.63, 3.8) is 0 Å². The van der Waals surface area contributed by atoms with E-state index < -0.39 is 0 Å². The van der Waals surface area contributed by atoms with Gasteiger partial charge in [0.25, 0.3) is 11.5 Å². The first-order valence-corrected chi connectivity index (χ1v) is 10.0. The highest BCUT2D eigenvalue weighted by atomic mass is 32.1. The van der Waals surface area contributed by atoms with Gasteiger partial charge in [0, 0.05) is 44.4 Å². The predicted octanol–water partition coefficient (Wildman–Crippen LogP) is 1.46. The summed E-state index contributed by atoms with van der Waals surface area (Å²) in [5.74, 6) is -0.0160. The van der Waals surface area contributed by atoms with Crippen molar-refractivity contribution in [1.82, 2.24) is 19.4 Å². The molecule has 1 saturated heterocycles. The number of anilines is 1. The number of ether oxygens (including phenoxy) is 1. The van der Waals surface area contributed by atoms with E-state index >= 15 is 0 Å². The molecule has 0 radical (unpaired) electrons. The maximum atomic E-state index is 12.6. The molecule has 28 heavy (non-hydrogen) atoms.